The minimum absolute atomic E-state index is 0.114. The largest absolute Gasteiger partial charge is 0.493 e. The number of carbonyl (C=O) groups excluding carboxylic acids is 1. The molecule has 3 aromatic rings. The fourth-order valence-electron chi connectivity index (χ4n) is 4.88. The summed E-state index contributed by atoms with van der Waals surface area (Å²) < 4.78 is 23.3. The summed E-state index contributed by atoms with van der Waals surface area (Å²) in [7, 11) is 6.56. The van der Waals surface area contributed by atoms with Gasteiger partial charge in [0.1, 0.15) is 6.29 Å². The average molecular weight is 487 g/mol. The molecule has 0 amide bonds. The van der Waals surface area contributed by atoms with E-state index in [0.29, 0.717) is 28.9 Å². The molecule has 0 radical (unpaired) electrons. The van der Waals surface area contributed by atoms with Crippen LogP contribution in [0.25, 0.3) is 21.5 Å². The molecule has 1 saturated carbocycles. The molecule has 0 N–H and O–H groups in total. The van der Waals surface area contributed by atoms with Gasteiger partial charge in [0.25, 0.3) is 0 Å². The minimum Gasteiger partial charge on any atom is -0.493 e. The molecule has 3 aromatic carbocycles. The first-order chi connectivity index (χ1) is 15.1. The zero-order valence-corrected chi connectivity index (χ0v) is 19.9. The first-order valence-electron chi connectivity index (χ1n) is 10.4. The molecule has 2 atom stereocenters. The number of benzene rings is 3. The molecule has 1 fully saturated rings. The first-order valence-corrected chi connectivity index (χ1v) is 11.2. The van der Waals surface area contributed by atoms with Crippen LogP contribution in [0.2, 0.25) is 0 Å². The van der Waals surface area contributed by atoms with Crippen LogP contribution in [0.5, 0.6) is 23.0 Å². The lowest BCUT2D eigenvalue weighted by atomic mass is 9.86. The normalized spacial score (nSPS) is 18.4. The molecule has 1 aliphatic carbocycles. The van der Waals surface area contributed by atoms with Gasteiger partial charge < -0.3 is 23.7 Å². The molecule has 0 aromatic heterocycles. The Kier molecular flexibility index (Phi) is 6.28. The summed E-state index contributed by atoms with van der Waals surface area (Å²) in [4.78, 5) is 11.6. The molecule has 5 nitrogen and oxygen atoms in total. The van der Waals surface area contributed by atoms with E-state index in [9.17, 15) is 4.79 Å². The van der Waals surface area contributed by atoms with E-state index in [1.165, 1.54) is 5.56 Å². The number of methoxy groups -OCH3 is 4. The van der Waals surface area contributed by atoms with Crippen molar-refractivity contribution >= 4 is 43.8 Å². The monoisotopic (exact) mass is 486 g/mol. The molecule has 0 unspecified atom stereocenters. The first kappa shape index (κ1) is 21.8. The highest BCUT2D eigenvalue weighted by atomic mass is 79.9. The number of halogens is 1. The maximum Gasteiger partial charge on any atom is 0.161 e. The third-order valence-corrected chi connectivity index (χ3v) is 7.43. The Bertz CT molecular complexity index is 1140. The van der Waals surface area contributed by atoms with Gasteiger partial charge in [-0.25, -0.2) is 0 Å². The van der Waals surface area contributed by atoms with E-state index in [-0.39, 0.29) is 5.92 Å². The number of rotatable bonds is 7. The molecule has 4 rings (SSSR count). The Morgan fingerprint density at radius 1 is 0.806 bits per heavy atom. The summed E-state index contributed by atoms with van der Waals surface area (Å²) in [5, 5.41) is 4.20. The number of fused-ring (bicyclic) bond motifs is 3. The number of ether oxygens (including phenoxy) is 4. The van der Waals surface area contributed by atoms with Crippen molar-refractivity contribution in [3.05, 3.63) is 34.3 Å². The zero-order valence-electron chi connectivity index (χ0n) is 18.3. The fraction of sp³-hybridized carbons (Fsp3) is 0.400. The van der Waals surface area contributed by atoms with Crippen LogP contribution in [-0.2, 0) is 11.2 Å². The van der Waals surface area contributed by atoms with Crippen LogP contribution in [0.15, 0.2) is 28.7 Å². The van der Waals surface area contributed by atoms with Gasteiger partial charge in [0, 0.05) is 15.8 Å². The topological polar surface area (TPSA) is 54.0 Å². The fourth-order valence-corrected chi connectivity index (χ4v) is 5.58. The van der Waals surface area contributed by atoms with E-state index in [0.717, 1.165) is 58.0 Å². The summed E-state index contributed by atoms with van der Waals surface area (Å²) in [5.74, 6) is 3.15. The van der Waals surface area contributed by atoms with Crippen molar-refractivity contribution in [2.24, 2.45) is 11.8 Å². The summed E-state index contributed by atoms with van der Waals surface area (Å²) in [6, 6.07) is 8.06. The van der Waals surface area contributed by atoms with Gasteiger partial charge in [0.15, 0.2) is 23.0 Å². The smallest absolute Gasteiger partial charge is 0.161 e. The molecule has 31 heavy (non-hydrogen) atoms. The molecule has 0 aliphatic heterocycles. The quantitative estimate of drug-likeness (QED) is 0.305. The van der Waals surface area contributed by atoms with E-state index in [4.69, 9.17) is 18.9 Å². The van der Waals surface area contributed by atoms with Gasteiger partial charge in [-0.3, -0.25) is 0 Å². The Labute approximate surface area is 190 Å². The minimum atomic E-state index is 0.114. The second-order valence-electron chi connectivity index (χ2n) is 7.99. The number of hydrogen-bond acceptors (Lipinski definition) is 5. The summed E-state index contributed by atoms with van der Waals surface area (Å²) >= 11 is 3.89. The zero-order chi connectivity index (χ0) is 22.1. The van der Waals surface area contributed by atoms with Gasteiger partial charge in [-0.2, -0.15) is 0 Å². The van der Waals surface area contributed by atoms with Gasteiger partial charge in [-0.15, -0.1) is 0 Å². The molecule has 164 valence electrons. The molecule has 6 heteroatoms. The van der Waals surface area contributed by atoms with Crippen molar-refractivity contribution < 1.29 is 23.7 Å². The van der Waals surface area contributed by atoms with E-state index >= 15 is 0 Å². The van der Waals surface area contributed by atoms with Gasteiger partial charge >= 0.3 is 0 Å². The molecule has 0 heterocycles. The number of aldehydes is 1. The van der Waals surface area contributed by atoms with Crippen LogP contribution >= 0.6 is 15.9 Å². The van der Waals surface area contributed by atoms with Crippen LogP contribution in [-0.4, -0.2) is 34.7 Å². The molecule has 1 aliphatic rings. The summed E-state index contributed by atoms with van der Waals surface area (Å²) in [5.41, 5.74) is 1.18. The molecule has 0 spiro atoms. The van der Waals surface area contributed by atoms with E-state index < -0.39 is 0 Å². The van der Waals surface area contributed by atoms with Crippen LogP contribution in [0.3, 0.4) is 0 Å². The van der Waals surface area contributed by atoms with Crippen molar-refractivity contribution in [3.63, 3.8) is 0 Å². The second-order valence-corrected chi connectivity index (χ2v) is 8.79. The highest BCUT2D eigenvalue weighted by Crippen LogP contribution is 2.46. The number of hydrogen-bond donors (Lipinski definition) is 0. The predicted octanol–water partition coefficient (Wildman–Crippen LogP) is 5.95. The Hall–Kier alpha value is -2.47. The van der Waals surface area contributed by atoms with Gasteiger partial charge in [-0.05, 0) is 87.1 Å². The standard InChI is InChI=1S/C25H27BrO5/c1-28-21-9-16-17(10-22(21)29-2)19(8-14-6-5-7-15(14)13-27)25(26)20-12-24(31-4)23(30-3)11-18(16)20/h9-15H,5-8H2,1-4H3/t14-,15-/m0/s1. The highest BCUT2D eigenvalue weighted by molar-refractivity contribution is 9.10. The lowest BCUT2D eigenvalue weighted by molar-refractivity contribution is -0.111. The Morgan fingerprint density at radius 2 is 1.29 bits per heavy atom. The molecule has 0 saturated heterocycles. The third kappa shape index (κ3) is 3.71. The third-order valence-electron chi connectivity index (χ3n) is 6.52. The Balaban J connectivity index is 2.05. The lowest BCUT2D eigenvalue weighted by Gasteiger charge is -2.21. The van der Waals surface area contributed by atoms with Gasteiger partial charge in [0.2, 0.25) is 0 Å². The second kappa shape index (κ2) is 8.95. The summed E-state index contributed by atoms with van der Waals surface area (Å²) in [6.45, 7) is 0. The SMILES string of the molecule is COc1cc2c(Br)c(C[C@@H]3CCC[C@H]3C=O)c3cc(OC)c(OC)cc3c2cc1OC. The van der Waals surface area contributed by atoms with Crippen molar-refractivity contribution in [2.75, 3.05) is 28.4 Å². The van der Waals surface area contributed by atoms with Crippen molar-refractivity contribution in [1.29, 1.82) is 0 Å². The van der Waals surface area contributed by atoms with E-state index in [1.54, 1.807) is 28.4 Å². The van der Waals surface area contributed by atoms with Crippen LogP contribution in [0.4, 0.5) is 0 Å². The van der Waals surface area contributed by atoms with E-state index in [1.807, 2.05) is 24.3 Å². The van der Waals surface area contributed by atoms with Crippen molar-refractivity contribution in [3.8, 4) is 23.0 Å². The highest BCUT2D eigenvalue weighted by Gasteiger charge is 2.29. The lowest BCUT2D eigenvalue weighted by Crippen LogP contribution is -2.13. The maximum atomic E-state index is 11.6. The van der Waals surface area contributed by atoms with E-state index in [2.05, 4.69) is 15.9 Å². The molecular formula is C25H27BrO5. The maximum absolute atomic E-state index is 11.6. The van der Waals surface area contributed by atoms with Crippen molar-refractivity contribution in [1.82, 2.24) is 0 Å². The van der Waals surface area contributed by atoms with Gasteiger partial charge in [0.05, 0.1) is 28.4 Å². The molecular weight excluding hydrogens is 460 g/mol. The predicted molar refractivity (Wildman–Crippen MR) is 126 cm³/mol. The van der Waals surface area contributed by atoms with Crippen LogP contribution in [0, 0.1) is 11.8 Å². The van der Waals surface area contributed by atoms with Crippen molar-refractivity contribution in [2.45, 2.75) is 25.7 Å². The molecule has 0 bridgehead atoms. The Morgan fingerprint density at radius 3 is 1.81 bits per heavy atom. The van der Waals surface area contributed by atoms with Crippen LogP contribution in [0.1, 0.15) is 24.8 Å². The van der Waals surface area contributed by atoms with Crippen LogP contribution < -0.4 is 18.9 Å². The average Bonchev–Trinajstić information content (AvgIpc) is 3.27. The number of carbonyl (C=O) groups is 1. The summed E-state index contributed by atoms with van der Waals surface area (Å²) in [6.07, 6.45) is 5.08. The van der Waals surface area contributed by atoms with Gasteiger partial charge in [-0.1, -0.05) is 6.42 Å².